The summed E-state index contributed by atoms with van der Waals surface area (Å²) in [5.41, 5.74) is 2.31. The number of anilines is 1. The van der Waals surface area contributed by atoms with E-state index in [2.05, 4.69) is 56.1 Å². The first-order valence-electron chi connectivity index (χ1n) is 7.77. The smallest absolute Gasteiger partial charge is 0.0637 e. The van der Waals surface area contributed by atoms with Crippen LogP contribution < -0.4 is 10.2 Å². The van der Waals surface area contributed by atoms with Crippen LogP contribution in [-0.2, 0) is 11.3 Å². The lowest BCUT2D eigenvalue weighted by Gasteiger charge is -2.31. The van der Waals surface area contributed by atoms with Gasteiger partial charge in [-0.3, -0.25) is 0 Å². The summed E-state index contributed by atoms with van der Waals surface area (Å²) in [4.78, 5) is 2.36. The van der Waals surface area contributed by atoms with Crippen LogP contribution in [0.15, 0.2) is 18.2 Å². The Morgan fingerprint density at radius 1 is 1.29 bits per heavy atom. The number of benzene rings is 1. The number of hydrogen-bond acceptors (Lipinski definition) is 3. The molecule has 0 amide bonds. The maximum atomic E-state index is 6.44. The average Bonchev–Trinajstić information content (AvgIpc) is 2.46. The SMILES string of the molecule is CCC(C)N(CCOC)c1ccc(CNC(C)C)c(Cl)c1. The molecule has 21 heavy (non-hydrogen) atoms. The second-order valence-electron chi connectivity index (χ2n) is 5.75. The molecule has 1 N–H and O–H groups in total. The summed E-state index contributed by atoms with van der Waals surface area (Å²) in [6.07, 6.45) is 1.10. The van der Waals surface area contributed by atoms with Gasteiger partial charge in [-0.2, -0.15) is 0 Å². The van der Waals surface area contributed by atoms with Gasteiger partial charge in [0, 0.05) is 43.0 Å². The van der Waals surface area contributed by atoms with Crippen LogP contribution in [0.25, 0.3) is 0 Å². The molecule has 3 nitrogen and oxygen atoms in total. The largest absolute Gasteiger partial charge is 0.383 e. The zero-order valence-electron chi connectivity index (χ0n) is 13.9. The van der Waals surface area contributed by atoms with Crippen molar-refractivity contribution in [2.75, 3.05) is 25.2 Å². The number of rotatable bonds is 9. The van der Waals surface area contributed by atoms with Crippen LogP contribution in [0.4, 0.5) is 5.69 Å². The first kappa shape index (κ1) is 18.3. The van der Waals surface area contributed by atoms with Gasteiger partial charge < -0.3 is 15.0 Å². The number of halogens is 1. The van der Waals surface area contributed by atoms with Crippen LogP contribution in [-0.4, -0.2) is 32.3 Å². The second kappa shape index (κ2) is 9.29. The van der Waals surface area contributed by atoms with Crippen molar-refractivity contribution in [1.82, 2.24) is 5.32 Å². The molecule has 1 aromatic rings. The zero-order chi connectivity index (χ0) is 15.8. The first-order chi connectivity index (χ1) is 9.99. The molecule has 1 unspecified atom stereocenters. The van der Waals surface area contributed by atoms with Crippen molar-refractivity contribution in [3.8, 4) is 0 Å². The maximum Gasteiger partial charge on any atom is 0.0637 e. The van der Waals surface area contributed by atoms with E-state index in [1.54, 1.807) is 7.11 Å². The highest BCUT2D eigenvalue weighted by Crippen LogP contribution is 2.26. The van der Waals surface area contributed by atoms with E-state index in [1.807, 2.05) is 0 Å². The van der Waals surface area contributed by atoms with E-state index in [9.17, 15) is 0 Å². The molecule has 1 aromatic carbocycles. The molecule has 120 valence electrons. The molecule has 0 aliphatic carbocycles. The van der Waals surface area contributed by atoms with Crippen molar-refractivity contribution >= 4 is 17.3 Å². The van der Waals surface area contributed by atoms with E-state index < -0.39 is 0 Å². The summed E-state index contributed by atoms with van der Waals surface area (Å²) in [6, 6.07) is 7.27. The standard InChI is InChI=1S/C17H29ClN2O/c1-6-14(4)20(9-10-21-5)16-8-7-15(17(18)11-16)12-19-13(2)3/h7-8,11,13-14,19H,6,9-10,12H2,1-5H3. The van der Waals surface area contributed by atoms with Gasteiger partial charge in [-0.15, -0.1) is 0 Å². The van der Waals surface area contributed by atoms with Crippen LogP contribution >= 0.6 is 11.6 Å². The molecule has 0 aromatic heterocycles. The highest BCUT2D eigenvalue weighted by Gasteiger charge is 2.14. The van der Waals surface area contributed by atoms with E-state index in [4.69, 9.17) is 16.3 Å². The molecule has 0 heterocycles. The summed E-state index contributed by atoms with van der Waals surface area (Å²) in [5, 5.41) is 4.23. The number of hydrogen-bond donors (Lipinski definition) is 1. The molecule has 0 saturated heterocycles. The van der Waals surface area contributed by atoms with Gasteiger partial charge in [0.25, 0.3) is 0 Å². The summed E-state index contributed by atoms with van der Waals surface area (Å²) in [5.74, 6) is 0. The zero-order valence-corrected chi connectivity index (χ0v) is 14.7. The second-order valence-corrected chi connectivity index (χ2v) is 6.16. The minimum absolute atomic E-state index is 0.457. The van der Waals surface area contributed by atoms with Gasteiger partial charge in [0.2, 0.25) is 0 Å². The quantitative estimate of drug-likeness (QED) is 0.743. The van der Waals surface area contributed by atoms with Crippen LogP contribution in [0, 0.1) is 0 Å². The van der Waals surface area contributed by atoms with Crippen LogP contribution in [0.2, 0.25) is 5.02 Å². The van der Waals surface area contributed by atoms with Gasteiger partial charge in [-0.25, -0.2) is 0 Å². The predicted molar refractivity (Wildman–Crippen MR) is 92.4 cm³/mol. The molecule has 0 aliphatic heterocycles. The summed E-state index contributed by atoms with van der Waals surface area (Å²) >= 11 is 6.44. The Balaban J connectivity index is 2.87. The fourth-order valence-electron chi connectivity index (χ4n) is 2.19. The van der Waals surface area contributed by atoms with E-state index in [1.165, 1.54) is 5.69 Å². The summed E-state index contributed by atoms with van der Waals surface area (Å²) in [7, 11) is 1.74. The average molecular weight is 313 g/mol. The lowest BCUT2D eigenvalue weighted by atomic mass is 10.1. The first-order valence-corrected chi connectivity index (χ1v) is 8.14. The number of methoxy groups -OCH3 is 1. The van der Waals surface area contributed by atoms with E-state index >= 15 is 0 Å². The van der Waals surface area contributed by atoms with E-state index in [0.717, 1.165) is 36.7 Å². The molecule has 0 radical (unpaired) electrons. The fraction of sp³-hybridized carbons (Fsp3) is 0.647. The van der Waals surface area contributed by atoms with Crippen molar-refractivity contribution in [2.45, 2.75) is 52.7 Å². The van der Waals surface area contributed by atoms with Gasteiger partial charge in [0.1, 0.15) is 0 Å². The number of ether oxygens (including phenoxy) is 1. The Morgan fingerprint density at radius 3 is 2.52 bits per heavy atom. The molecule has 4 heteroatoms. The van der Waals surface area contributed by atoms with E-state index in [-0.39, 0.29) is 0 Å². The highest BCUT2D eigenvalue weighted by molar-refractivity contribution is 6.31. The molecule has 0 fully saturated rings. The third-order valence-corrected chi connectivity index (χ3v) is 4.08. The molecule has 0 bridgehead atoms. The molecule has 0 spiro atoms. The highest BCUT2D eigenvalue weighted by atomic mass is 35.5. The lowest BCUT2D eigenvalue weighted by molar-refractivity contribution is 0.203. The molecular formula is C17H29ClN2O. The molecule has 1 atom stereocenters. The lowest BCUT2D eigenvalue weighted by Crippen LogP contribution is -2.35. The molecule has 0 saturated carbocycles. The van der Waals surface area contributed by atoms with Crippen molar-refractivity contribution in [3.05, 3.63) is 28.8 Å². The Bertz CT molecular complexity index is 423. The van der Waals surface area contributed by atoms with Gasteiger partial charge >= 0.3 is 0 Å². The van der Waals surface area contributed by atoms with Crippen molar-refractivity contribution < 1.29 is 4.74 Å². The fourth-order valence-corrected chi connectivity index (χ4v) is 2.43. The van der Waals surface area contributed by atoms with Crippen LogP contribution in [0.3, 0.4) is 0 Å². The molecule has 1 rings (SSSR count). The monoisotopic (exact) mass is 312 g/mol. The van der Waals surface area contributed by atoms with Gasteiger partial charge in [0.05, 0.1) is 6.61 Å². The van der Waals surface area contributed by atoms with Gasteiger partial charge in [-0.05, 0) is 31.0 Å². The summed E-state index contributed by atoms with van der Waals surface area (Å²) in [6.45, 7) is 11.1. The predicted octanol–water partition coefficient (Wildman–Crippen LogP) is 4.09. The minimum atomic E-state index is 0.457. The Labute approximate surface area is 134 Å². The number of nitrogens with one attached hydrogen (secondary N) is 1. The third kappa shape index (κ3) is 5.85. The third-order valence-electron chi connectivity index (χ3n) is 3.73. The van der Waals surface area contributed by atoms with Crippen LogP contribution in [0.1, 0.15) is 39.7 Å². The number of nitrogens with zero attached hydrogens (tertiary/aromatic N) is 1. The Morgan fingerprint density at radius 2 is 2.00 bits per heavy atom. The van der Waals surface area contributed by atoms with Crippen LogP contribution in [0.5, 0.6) is 0 Å². The topological polar surface area (TPSA) is 24.5 Å². The normalized spacial score (nSPS) is 12.7. The Hall–Kier alpha value is -0.770. The van der Waals surface area contributed by atoms with E-state index in [0.29, 0.717) is 12.1 Å². The molecule has 0 aliphatic rings. The van der Waals surface area contributed by atoms with Crippen molar-refractivity contribution in [2.24, 2.45) is 0 Å². The van der Waals surface area contributed by atoms with Gasteiger partial charge in [-0.1, -0.05) is 38.4 Å². The summed E-state index contributed by atoms with van der Waals surface area (Å²) < 4.78 is 5.22. The van der Waals surface area contributed by atoms with Crippen molar-refractivity contribution in [1.29, 1.82) is 0 Å². The molecular weight excluding hydrogens is 284 g/mol. The minimum Gasteiger partial charge on any atom is -0.383 e. The van der Waals surface area contributed by atoms with Crippen molar-refractivity contribution in [3.63, 3.8) is 0 Å². The van der Waals surface area contributed by atoms with Gasteiger partial charge in [0.15, 0.2) is 0 Å². The Kier molecular flexibility index (Phi) is 8.09. The maximum absolute atomic E-state index is 6.44.